The lowest BCUT2D eigenvalue weighted by Gasteiger charge is -2.14. The maximum atomic E-state index is 5.90. The Hall–Kier alpha value is -3.06. The monoisotopic (exact) mass is 399 g/mol. The summed E-state index contributed by atoms with van der Waals surface area (Å²) in [5.41, 5.74) is 13.7. The Morgan fingerprint density at radius 3 is 2.07 bits per heavy atom. The largest absolute Gasteiger partial charge is 0.399 e. The van der Waals surface area contributed by atoms with Gasteiger partial charge in [0.05, 0.1) is 0 Å². The zero-order chi connectivity index (χ0) is 22.5. The fourth-order valence-electron chi connectivity index (χ4n) is 3.19. The van der Waals surface area contributed by atoms with Crippen LogP contribution in [0.25, 0.3) is 11.6 Å². The second-order valence-electron chi connectivity index (χ2n) is 6.73. The average molecular weight is 400 g/mol. The van der Waals surface area contributed by atoms with Crippen LogP contribution in [0, 0.1) is 6.92 Å². The molecule has 1 heteroatoms. The van der Waals surface area contributed by atoms with E-state index in [2.05, 4.69) is 75.0 Å². The van der Waals surface area contributed by atoms with E-state index in [4.69, 9.17) is 5.73 Å². The molecule has 3 aromatic rings. The quantitative estimate of drug-likeness (QED) is 0.427. The van der Waals surface area contributed by atoms with Crippen LogP contribution in [-0.4, -0.2) is 0 Å². The van der Waals surface area contributed by atoms with E-state index >= 15 is 0 Å². The van der Waals surface area contributed by atoms with Crippen LogP contribution in [0.15, 0.2) is 85.5 Å². The van der Waals surface area contributed by atoms with Crippen molar-refractivity contribution in [3.63, 3.8) is 0 Å². The molecule has 0 fully saturated rings. The number of hydrogen-bond donors (Lipinski definition) is 1. The van der Waals surface area contributed by atoms with Crippen LogP contribution in [0.4, 0.5) is 5.69 Å². The molecular weight excluding hydrogens is 362 g/mol. The van der Waals surface area contributed by atoms with E-state index in [0.717, 1.165) is 22.4 Å². The van der Waals surface area contributed by atoms with Crippen LogP contribution in [0.3, 0.4) is 0 Å². The Bertz CT molecular complexity index is 936. The number of anilines is 1. The number of benzene rings is 3. The van der Waals surface area contributed by atoms with Gasteiger partial charge in [-0.15, -0.1) is 0 Å². The zero-order valence-corrected chi connectivity index (χ0v) is 19.4. The van der Waals surface area contributed by atoms with E-state index in [1.54, 1.807) is 0 Å². The Morgan fingerprint density at radius 2 is 1.47 bits per heavy atom. The lowest BCUT2D eigenvalue weighted by molar-refractivity contribution is 0.956. The van der Waals surface area contributed by atoms with Crippen molar-refractivity contribution in [3.8, 4) is 0 Å². The number of hydrogen-bond acceptors (Lipinski definition) is 1. The molecule has 0 aliphatic heterocycles. The van der Waals surface area contributed by atoms with Gasteiger partial charge in [0.2, 0.25) is 0 Å². The molecule has 0 spiro atoms. The summed E-state index contributed by atoms with van der Waals surface area (Å²) in [4.78, 5) is 0. The summed E-state index contributed by atoms with van der Waals surface area (Å²) in [7, 11) is 0. The normalized spacial score (nSPS) is 11.0. The lowest BCUT2D eigenvalue weighted by atomic mass is 9.91. The molecule has 0 aromatic heterocycles. The molecule has 0 saturated heterocycles. The highest BCUT2D eigenvalue weighted by atomic mass is 14.5. The number of nitrogen functional groups attached to an aromatic ring is 1. The van der Waals surface area contributed by atoms with Gasteiger partial charge in [0.1, 0.15) is 0 Å². The maximum absolute atomic E-state index is 5.90. The third-order valence-corrected chi connectivity index (χ3v) is 4.72. The van der Waals surface area contributed by atoms with Crippen LogP contribution in [0.5, 0.6) is 0 Å². The fraction of sp³-hybridized carbons (Fsp3) is 0.241. The zero-order valence-electron chi connectivity index (χ0n) is 19.4. The Morgan fingerprint density at radius 1 is 0.833 bits per heavy atom. The van der Waals surface area contributed by atoms with E-state index in [1.165, 1.54) is 16.7 Å². The number of rotatable bonds is 5. The first-order chi connectivity index (χ1) is 14.5. The van der Waals surface area contributed by atoms with Crippen molar-refractivity contribution >= 4 is 17.3 Å². The molecule has 1 nitrogen and oxygen atoms in total. The van der Waals surface area contributed by atoms with Gasteiger partial charge >= 0.3 is 0 Å². The highest BCUT2D eigenvalue weighted by Crippen LogP contribution is 2.28. The minimum Gasteiger partial charge on any atom is -0.399 e. The molecule has 0 aliphatic rings. The SMILES string of the molecule is C=C(c1cccc(N)c1)c1ccc(C(C)/C=C/c2ccccc2)c(C)c1.CC.CC. The second-order valence-corrected chi connectivity index (χ2v) is 6.73. The maximum Gasteiger partial charge on any atom is 0.0320 e. The standard InChI is InChI=1S/C25H25N.2C2H6/c1-18(12-13-21-8-5-4-6-9-21)25-15-14-23(16-19(25)2)20(3)22-10-7-11-24(26)17-22;2*1-2/h4-18H,3,26H2,1-2H3;2*1-2H3/b13-12+;;. The third-order valence-electron chi connectivity index (χ3n) is 4.72. The fourth-order valence-corrected chi connectivity index (χ4v) is 3.19. The summed E-state index contributed by atoms with van der Waals surface area (Å²) in [6.45, 7) is 16.7. The number of nitrogens with two attached hydrogens (primary N) is 1. The summed E-state index contributed by atoms with van der Waals surface area (Å²) in [6.07, 6.45) is 4.44. The van der Waals surface area contributed by atoms with Gasteiger partial charge in [0, 0.05) is 5.69 Å². The van der Waals surface area contributed by atoms with Gasteiger partial charge in [-0.2, -0.15) is 0 Å². The Labute approximate surface area is 184 Å². The van der Waals surface area contributed by atoms with Gasteiger partial charge in [0.15, 0.2) is 0 Å². The van der Waals surface area contributed by atoms with Gasteiger partial charge in [0.25, 0.3) is 0 Å². The van der Waals surface area contributed by atoms with Crippen LogP contribution in [0.2, 0.25) is 0 Å². The molecule has 3 aromatic carbocycles. The van der Waals surface area contributed by atoms with Crippen molar-refractivity contribution < 1.29 is 0 Å². The highest BCUT2D eigenvalue weighted by molar-refractivity contribution is 5.79. The first kappa shape index (κ1) is 25.0. The minimum atomic E-state index is 0.352. The molecule has 0 bridgehead atoms. The highest BCUT2D eigenvalue weighted by Gasteiger charge is 2.09. The van der Waals surface area contributed by atoms with E-state index in [0.29, 0.717) is 5.92 Å². The summed E-state index contributed by atoms with van der Waals surface area (Å²) < 4.78 is 0. The molecular formula is C29H37N. The van der Waals surface area contributed by atoms with Crippen molar-refractivity contribution in [2.45, 2.75) is 47.5 Å². The molecule has 1 atom stereocenters. The first-order valence-corrected chi connectivity index (χ1v) is 10.9. The van der Waals surface area contributed by atoms with Crippen molar-refractivity contribution in [2.24, 2.45) is 0 Å². The van der Waals surface area contributed by atoms with E-state index in [-0.39, 0.29) is 0 Å². The molecule has 0 heterocycles. The van der Waals surface area contributed by atoms with Gasteiger partial charge in [-0.3, -0.25) is 0 Å². The molecule has 0 radical (unpaired) electrons. The molecule has 0 saturated carbocycles. The Balaban J connectivity index is 0.00000106. The number of allylic oxidation sites excluding steroid dienone is 1. The van der Waals surface area contributed by atoms with Crippen molar-refractivity contribution in [2.75, 3.05) is 5.73 Å². The van der Waals surface area contributed by atoms with Crippen molar-refractivity contribution in [1.82, 2.24) is 0 Å². The van der Waals surface area contributed by atoms with Crippen LogP contribution in [-0.2, 0) is 0 Å². The van der Waals surface area contributed by atoms with Crippen molar-refractivity contribution in [3.05, 3.63) is 113 Å². The summed E-state index contributed by atoms with van der Waals surface area (Å²) in [5, 5.41) is 0. The summed E-state index contributed by atoms with van der Waals surface area (Å²) in [5.74, 6) is 0.352. The Kier molecular flexibility index (Phi) is 11.0. The minimum absolute atomic E-state index is 0.352. The number of aryl methyl sites for hydroxylation is 1. The lowest BCUT2D eigenvalue weighted by Crippen LogP contribution is -1.96. The van der Waals surface area contributed by atoms with Crippen LogP contribution in [0.1, 0.15) is 68.4 Å². The van der Waals surface area contributed by atoms with Crippen LogP contribution < -0.4 is 5.73 Å². The predicted molar refractivity (Wildman–Crippen MR) is 137 cm³/mol. The molecule has 158 valence electrons. The third kappa shape index (κ3) is 7.08. The molecule has 0 aliphatic carbocycles. The first-order valence-electron chi connectivity index (χ1n) is 10.9. The smallest absolute Gasteiger partial charge is 0.0320 e. The molecule has 2 N–H and O–H groups in total. The molecule has 3 rings (SSSR count). The molecule has 30 heavy (non-hydrogen) atoms. The van der Waals surface area contributed by atoms with Crippen LogP contribution >= 0.6 is 0 Å². The van der Waals surface area contributed by atoms with Gasteiger partial charge in [-0.05, 0) is 58.4 Å². The van der Waals surface area contributed by atoms with Gasteiger partial charge in [-0.25, -0.2) is 0 Å². The van der Waals surface area contributed by atoms with Gasteiger partial charge < -0.3 is 5.73 Å². The topological polar surface area (TPSA) is 26.0 Å². The van der Waals surface area contributed by atoms with E-state index in [1.807, 2.05) is 58.0 Å². The van der Waals surface area contributed by atoms with Gasteiger partial charge in [-0.1, -0.05) is 114 Å². The second kappa shape index (κ2) is 13.2. The predicted octanol–water partition coefficient (Wildman–Crippen LogP) is 8.51. The van der Waals surface area contributed by atoms with Crippen molar-refractivity contribution in [1.29, 1.82) is 0 Å². The molecule has 1 unspecified atom stereocenters. The van der Waals surface area contributed by atoms with E-state index < -0.39 is 0 Å². The molecule has 0 amide bonds. The summed E-state index contributed by atoms with van der Waals surface area (Å²) >= 11 is 0. The van der Waals surface area contributed by atoms with E-state index in [9.17, 15) is 0 Å². The summed E-state index contributed by atoms with van der Waals surface area (Å²) in [6, 6.07) is 24.9. The average Bonchev–Trinajstić information content (AvgIpc) is 2.80.